The van der Waals surface area contributed by atoms with Crippen molar-refractivity contribution < 1.29 is 9.53 Å². The molecule has 0 aromatic carbocycles. The number of carbonyl (C=O) groups excluding carboxylic acids is 1. The average Bonchev–Trinajstić information content (AvgIpc) is 2.25. The summed E-state index contributed by atoms with van der Waals surface area (Å²) in [6.07, 6.45) is 3.06. The Bertz CT molecular complexity index is 244. The first-order chi connectivity index (χ1) is 7.22. The molecule has 1 heterocycles. The number of amides is 1. The van der Waals surface area contributed by atoms with Crippen LogP contribution >= 0.6 is 0 Å². The van der Waals surface area contributed by atoms with Crippen molar-refractivity contribution in [1.82, 2.24) is 4.90 Å². The summed E-state index contributed by atoms with van der Waals surface area (Å²) in [5, 5.41) is 0. The minimum Gasteiger partial charge on any atom is -0.365 e. The van der Waals surface area contributed by atoms with E-state index in [1.807, 2.05) is 0 Å². The third-order valence-corrected chi connectivity index (χ3v) is 2.41. The predicted octanol–water partition coefficient (Wildman–Crippen LogP) is 1.28. The second-order valence-electron chi connectivity index (χ2n) is 4.13. The van der Waals surface area contributed by atoms with Gasteiger partial charge in [-0.2, -0.15) is 0 Å². The van der Waals surface area contributed by atoms with Crippen molar-refractivity contribution in [2.45, 2.75) is 32.8 Å². The number of hydrogen-bond acceptors (Lipinski definition) is 2. The van der Waals surface area contributed by atoms with Crippen LogP contribution in [0.5, 0.6) is 0 Å². The van der Waals surface area contributed by atoms with E-state index in [0.29, 0.717) is 12.5 Å². The third-order valence-electron chi connectivity index (χ3n) is 2.41. The van der Waals surface area contributed by atoms with Gasteiger partial charge in [0.15, 0.2) is 0 Å². The van der Waals surface area contributed by atoms with Crippen LogP contribution < -0.4 is 0 Å². The molecule has 3 heteroatoms. The summed E-state index contributed by atoms with van der Waals surface area (Å²) in [6.45, 7) is 6.27. The van der Waals surface area contributed by atoms with Crippen molar-refractivity contribution in [3.8, 4) is 11.8 Å². The third kappa shape index (κ3) is 4.85. The van der Waals surface area contributed by atoms with Crippen molar-refractivity contribution in [2.24, 2.45) is 5.92 Å². The Morgan fingerprint density at radius 2 is 2.13 bits per heavy atom. The first-order valence-corrected chi connectivity index (χ1v) is 5.51. The highest BCUT2D eigenvalue weighted by Gasteiger charge is 2.17. The maximum atomic E-state index is 10.5. The lowest BCUT2D eigenvalue weighted by atomic mass is 10.1. The second-order valence-corrected chi connectivity index (χ2v) is 4.13. The zero-order chi connectivity index (χ0) is 11.1. The molecule has 1 amide bonds. The van der Waals surface area contributed by atoms with Gasteiger partial charge in [0.1, 0.15) is 6.61 Å². The lowest BCUT2D eigenvalue weighted by Gasteiger charge is -2.28. The van der Waals surface area contributed by atoms with Gasteiger partial charge in [-0.1, -0.05) is 25.7 Å². The molecule has 84 valence electrons. The Labute approximate surface area is 91.8 Å². The molecule has 0 aromatic rings. The minimum atomic E-state index is 0.280. The Hall–Kier alpha value is -1.01. The molecular formula is C12H19NO2. The standard InChI is InChI=1S/C12H19NO2/c1-11(2)4-3-9-15-12-5-7-13(10-14)8-6-12/h10-12H,5-9H2,1-2H3. The van der Waals surface area contributed by atoms with Gasteiger partial charge >= 0.3 is 0 Å². The summed E-state index contributed by atoms with van der Waals surface area (Å²) in [7, 11) is 0. The van der Waals surface area contributed by atoms with Gasteiger partial charge in [0.25, 0.3) is 0 Å². The first-order valence-electron chi connectivity index (χ1n) is 5.51. The van der Waals surface area contributed by atoms with Crippen molar-refractivity contribution in [3.05, 3.63) is 0 Å². The fourth-order valence-electron chi connectivity index (χ4n) is 1.55. The van der Waals surface area contributed by atoms with E-state index in [-0.39, 0.29) is 6.10 Å². The fraction of sp³-hybridized carbons (Fsp3) is 0.750. The minimum absolute atomic E-state index is 0.280. The molecule has 1 rings (SSSR count). The van der Waals surface area contributed by atoms with Crippen LogP contribution in [0.1, 0.15) is 26.7 Å². The van der Waals surface area contributed by atoms with Crippen LogP contribution in [0.4, 0.5) is 0 Å². The van der Waals surface area contributed by atoms with E-state index in [1.165, 1.54) is 0 Å². The van der Waals surface area contributed by atoms with Crippen LogP contribution in [0, 0.1) is 17.8 Å². The smallest absolute Gasteiger partial charge is 0.209 e. The fourth-order valence-corrected chi connectivity index (χ4v) is 1.55. The molecule has 0 saturated carbocycles. The largest absolute Gasteiger partial charge is 0.365 e. The van der Waals surface area contributed by atoms with Gasteiger partial charge in [0.05, 0.1) is 6.10 Å². The molecular weight excluding hydrogens is 190 g/mol. The summed E-state index contributed by atoms with van der Waals surface area (Å²) in [5.41, 5.74) is 0. The van der Waals surface area contributed by atoms with Crippen molar-refractivity contribution >= 4 is 6.41 Å². The molecule has 1 aliphatic rings. The number of piperidine rings is 1. The number of rotatable bonds is 3. The Kier molecular flexibility index (Phi) is 5.20. The predicted molar refractivity (Wildman–Crippen MR) is 59.2 cm³/mol. The Morgan fingerprint density at radius 3 is 2.67 bits per heavy atom. The molecule has 0 unspecified atom stereocenters. The van der Waals surface area contributed by atoms with E-state index in [4.69, 9.17) is 4.74 Å². The van der Waals surface area contributed by atoms with Crippen LogP contribution in [0.3, 0.4) is 0 Å². The monoisotopic (exact) mass is 209 g/mol. The normalized spacial score (nSPS) is 17.4. The van der Waals surface area contributed by atoms with Gasteiger partial charge in [-0.25, -0.2) is 0 Å². The van der Waals surface area contributed by atoms with E-state index in [2.05, 4.69) is 25.7 Å². The zero-order valence-corrected chi connectivity index (χ0v) is 9.53. The van der Waals surface area contributed by atoms with Gasteiger partial charge in [-0.15, -0.1) is 0 Å². The van der Waals surface area contributed by atoms with Crippen LogP contribution in [0.2, 0.25) is 0 Å². The molecule has 1 aliphatic heterocycles. The molecule has 0 spiro atoms. The van der Waals surface area contributed by atoms with Crippen LogP contribution in [-0.2, 0) is 9.53 Å². The van der Waals surface area contributed by atoms with E-state index in [0.717, 1.165) is 32.3 Å². The number of ether oxygens (including phenoxy) is 1. The second kappa shape index (κ2) is 6.47. The highest BCUT2D eigenvalue weighted by Crippen LogP contribution is 2.11. The summed E-state index contributed by atoms with van der Waals surface area (Å²) in [4.78, 5) is 12.3. The van der Waals surface area contributed by atoms with E-state index < -0.39 is 0 Å². The number of likely N-dealkylation sites (tertiary alicyclic amines) is 1. The summed E-state index contributed by atoms with van der Waals surface area (Å²) in [5.74, 6) is 6.47. The molecule has 0 N–H and O–H groups in total. The summed E-state index contributed by atoms with van der Waals surface area (Å²) in [6, 6.07) is 0. The molecule has 0 bridgehead atoms. The lowest BCUT2D eigenvalue weighted by molar-refractivity contribution is -0.120. The number of carbonyl (C=O) groups is 1. The molecule has 1 fully saturated rings. The Balaban J connectivity index is 2.14. The number of nitrogens with zero attached hydrogens (tertiary/aromatic N) is 1. The van der Waals surface area contributed by atoms with E-state index >= 15 is 0 Å². The summed E-state index contributed by atoms with van der Waals surface area (Å²) >= 11 is 0. The van der Waals surface area contributed by atoms with Crippen LogP contribution in [0.25, 0.3) is 0 Å². The molecule has 0 atom stereocenters. The van der Waals surface area contributed by atoms with E-state index in [9.17, 15) is 4.79 Å². The van der Waals surface area contributed by atoms with E-state index in [1.54, 1.807) is 4.90 Å². The van der Waals surface area contributed by atoms with Crippen molar-refractivity contribution in [3.63, 3.8) is 0 Å². The topological polar surface area (TPSA) is 29.5 Å². The van der Waals surface area contributed by atoms with Crippen LogP contribution in [-0.4, -0.2) is 37.1 Å². The van der Waals surface area contributed by atoms with Gasteiger partial charge in [0.2, 0.25) is 6.41 Å². The molecule has 1 saturated heterocycles. The van der Waals surface area contributed by atoms with Gasteiger partial charge in [0, 0.05) is 19.0 Å². The van der Waals surface area contributed by atoms with Gasteiger partial charge in [-0.3, -0.25) is 4.79 Å². The first kappa shape index (κ1) is 12.1. The molecule has 0 aromatic heterocycles. The highest BCUT2D eigenvalue weighted by molar-refractivity contribution is 5.47. The molecule has 3 nitrogen and oxygen atoms in total. The highest BCUT2D eigenvalue weighted by atomic mass is 16.5. The molecule has 0 aliphatic carbocycles. The van der Waals surface area contributed by atoms with Crippen molar-refractivity contribution in [2.75, 3.05) is 19.7 Å². The maximum Gasteiger partial charge on any atom is 0.209 e. The maximum absolute atomic E-state index is 10.5. The molecule has 15 heavy (non-hydrogen) atoms. The SMILES string of the molecule is CC(C)C#CCOC1CCN(C=O)CC1. The Morgan fingerprint density at radius 1 is 1.47 bits per heavy atom. The average molecular weight is 209 g/mol. The zero-order valence-electron chi connectivity index (χ0n) is 9.53. The number of hydrogen-bond donors (Lipinski definition) is 0. The van der Waals surface area contributed by atoms with Gasteiger partial charge < -0.3 is 9.64 Å². The van der Waals surface area contributed by atoms with Crippen molar-refractivity contribution in [1.29, 1.82) is 0 Å². The summed E-state index contributed by atoms with van der Waals surface area (Å²) < 4.78 is 5.61. The molecule has 0 radical (unpaired) electrons. The lowest BCUT2D eigenvalue weighted by Crippen LogP contribution is -2.36. The van der Waals surface area contributed by atoms with Crippen LogP contribution in [0.15, 0.2) is 0 Å². The van der Waals surface area contributed by atoms with Gasteiger partial charge in [-0.05, 0) is 12.8 Å². The quantitative estimate of drug-likeness (QED) is 0.517.